The Hall–Kier alpha value is -4.13. The van der Waals surface area contributed by atoms with Crippen LogP contribution in [0.2, 0.25) is 0 Å². The van der Waals surface area contributed by atoms with Gasteiger partial charge in [0.1, 0.15) is 12.1 Å². The van der Waals surface area contributed by atoms with Crippen molar-refractivity contribution in [2.75, 3.05) is 19.6 Å². The lowest BCUT2D eigenvalue weighted by Crippen LogP contribution is -2.53. The quantitative estimate of drug-likeness (QED) is 0.0909. The van der Waals surface area contributed by atoms with E-state index in [9.17, 15) is 24.3 Å². The number of para-hydroxylation sites is 1. The molecule has 0 aliphatic carbocycles. The zero-order chi connectivity index (χ0) is 26.8. The maximum atomic E-state index is 12.8. The van der Waals surface area contributed by atoms with E-state index >= 15 is 0 Å². The van der Waals surface area contributed by atoms with E-state index in [2.05, 4.69) is 31.2 Å². The summed E-state index contributed by atoms with van der Waals surface area (Å²) in [6.45, 7) is 0.555. The second-order valence-corrected chi connectivity index (χ2v) is 8.90. The first kappa shape index (κ1) is 27.5. The normalized spacial score (nSPS) is 16.5. The maximum absolute atomic E-state index is 12.8. The predicted molar refractivity (Wildman–Crippen MR) is 137 cm³/mol. The van der Waals surface area contributed by atoms with Gasteiger partial charge in [0.25, 0.3) is 0 Å². The summed E-state index contributed by atoms with van der Waals surface area (Å²) in [6, 6.07) is 4.98. The van der Waals surface area contributed by atoms with Gasteiger partial charge < -0.3 is 42.8 Å². The van der Waals surface area contributed by atoms with Crippen LogP contribution in [0.15, 0.2) is 35.5 Å². The third kappa shape index (κ3) is 8.20. The molecule has 2 aromatic rings. The number of aromatic nitrogens is 1. The molecule has 3 rings (SSSR count). The molecule has 0 radical (unpaired) electrons. The molecular weight excluding hydrogens is 480 g/mol. The molecule has 13 nitrogen and oxygen atoms in total. The molecule has 1 aliphatic rings. The fraction of sp³-hybridized carbons (Fsp3) is 0.458. The van der Waals surface area contributed by atoms with Crippen molar-refractivity contribution in [1.29, 1.82) is 0 Å². The minimum Gasteiger partial charge on any atom is -0.480 e. The molecule has 1 aliphatic heterocycles. The highest BCUT2D eigenvalue weighted by Gasteiger charge is 2.28. The Bertz CT molecular complexity index is 1140. The summed E-state index contributed by atoms with van der Waals surface area (Å²) in [5.74, 6) is -2.79. The number of hydrogen-bond donors (Lipinski definition) is 8. The standard InChI is InChI=1S/C24H34N8O5/c25-24(26)28-10-4-8-18(32-22(35)17-7-3-9-27-17)21(34)30-13-20(33)31-19(23(36)37)11-14-12-29-16-6-2-1-5-15(14)16/h1-2,5-6,12,17-19,27,29H,3-4,7-11,13H2,(H,30,34)(H,31,33)(H,32,35)(H,36,37)(H4,25,26,28). The molecular formula is C24H34N8O5. The van der Waals surface area contributed by atoms with E-state index in [4.69, 9.17) is 11.5 Å². The van der Waals surface area contributed by atoms with E-state index < -0.39 is 36.4 Å². The molecule has 37 heavy (non-hydrogen) atoms. The van der Waals surface area contributed by atoms with Gasteiger partial charge in [-0.25, -0.2) is 4.79 Å². The van der Waals surface area contributed by atoms with Gasteiger partial charge in [-0.3, -0.25) is 19.4 Å². The number of rotatable bonds is 13. The van der Waals surface area contributed by atoms with E-state index in [1.807, 2.05) is 24.3 Å². The van der Waals surface area contributed by atoms with Crippen molar-refractivity contribution in [2.45, 2.75) is 50.2 Å². The fourth-order valence-corrected chi connectivity index (χ4v) is 4.21. The molecule has 200 valence electrons. The fourth-order valence-electron chi connectivity index (χ4n) is 4.21. The monoisotopic (exact) mass is 514 g/mol. The van der Waals surface area contributed by atoms with Crippen LogP contribution >= 0.6 is 0 Å². The molecule has 1 aromatic heterocycles. The lowest BCUT2D eigenvalue weighted by molar-refractivity contribution is -0.141. The highest BCUT2D eigenvalue weighted by Crippen LogP contribution is 2.19. The predicted octanol–water partition coefficient (Wildman–Crippen LogP) is -1.31. The molecule has 1 fully saturated rings. The van der Waals surface area contributed by atoms with Gasteiger partial charge in [-0.15, -0.1) is 0 Å². The van der Waals surface area contributed by atoms with Crippen LogP contribution in [0.1, 0.15) is 31.2 Å². The van der Waals surface area contributed by atoms with Crippen LogP contribution in [0.25, 0.3) is 10.9 Å². The SMILES string of the molecule is NC(N)=NCCCC(NC(=O)C1CCCN1)C(=O)NCC(=O)NC(Cc1c[nH]c2ccccc12)C(=O)O. The number of guanidine groups is 1. The number of carboxylic acids is 1. The zero-order valence-corrected chi connectivity index (χ0v) is 20.5. The first-order chi connectivity index (χ1) is 17.7. The first-order valence-electron chi connectivity index (χ1n) is 12.2. The van der Waals surface area contributed by atoms with Gasteiger partial charge in [0, 0.05) is 30.1 Å². The Kier molecular flexibility index (Phi) is 9.84. The lowest BCUT2D eigenvalue weighted by Gasteiger charge is -2.21. The van der Waals surface area contributed by atoms with Gasteiger partial charge in [0.2, 0.25) is 17.7 Å². The third-order valence-electron chi connectivity index (χ3n) is 6.11. The molecule has 3 unspecified atom stereocenters. The first-order valence-corrected chi connectivity index (χ1v) is 12.2. The number of aromatic amines is 1. The minimum atomic E-state index is -1.20. The number of hydrogen-bond acceptors (Lipinski definition) is 6. The summed E-state index contributed by atoms with van der Waals surface area (Å²) < 4.78 is 0. The summed E-state index contributed by atoms with van der Waals surface area (Å²) in [7, 11) is 0. The van der Waals surface area contributed by atoms with Gasteiger partial charge in [-0.1, -0.05) is 18.2 Å². The average molecular weight is 515 g/mol. The van der Waals surface area contributed by atoms with E-state index in [0.29, 0.717) is 12.8 Å². The molecule has 3 atom stereocenters. The van der Waals surface area contributed by atoms with Crippen LogP contribution in [0.3, 0.4) is 0 Å². The Balaban J connectivity index is 1.55. The summed E-state index contributed by atoms with van der Waals surface area (Å²) in [5, 5.41) is 21.2. The maximum Gasteiger partial charge on any atom is 0.326 e. The van der Waals surface area contributed by atoms with E-state index in [1.165, 1.54) is 0 Å². The number of nitrogens with one attached hydrogen (secondary N) is 5. The van der Waals surface area contributed by atoms with Crippen molar-refractivity contribution in [2.24, 2.45) is 16.5 Å². The number of amides is 3. The molecule has 1 aromatic carbocycles. The summed E-state index contributed by atoms with van der Waals surface area (Å²) in [6.07, 6.45) is 3.99. The van der Waals surface area contributed by atoms with Crippen molar-refractivity contribution in [3.05, 3.63) is 36.0 Å². The second kappa shape index (κ2) is 13.3. The molecule has 3 amide bonds. The Morgan fingerprint density at radius 2 is 1.92 bits per heavy atom. The van der Waals surface area contributed by atoms with Crippen molar-refractivity contribution in [3.63, 3.8) is 0 Å². The van der Waals surface area contributed by atoms with E-state index in [1.54, 1.807) is 6.20 Å². The van der Waals surface area contributed by atoms with E-state index in [-0.39, 0.29) is 37.3 Å². The van der Waals surface area contributed by atoms with Crippen LogP contribution in [0, 0.1) is 0 Å². The molecule has 0 bridgehead atoms. The minimum absolute atomic E-state index is 0.0664. The molecule has 0 saturated carbocycles. The van der Waals surface area contributed by atoms with Gasteiger partial charge in [0.05, 0.1) is 12.6 Å². The third-order valence-corrected chi connectivity index (χ3v) is 6.11. The smallest absolute Gasteiger partial charge is 0.326 e. The molecule has 1 saturated heterocycles. The largest absolute Gasteiger partial charge is 0.480 e. The summed E-state index contributed by atoms with van der Waals surface area (Å²) in [5.41, 5.74) is 12.3. The molecule has 13 heteroatoms. The van der Waals surface area contributed by atoms with Crippen molar-refractivity contribution >= 4 is 40.6 Å². The number of carboxylic acid groups (broad SMARTS) is 1. The van der Waals surface area contributed by atoms with Crippen LogP contribution < -0.4 is 32.7 Å². The lowest BCUT2D eigenvalue weighted by atomic mass is 10.0. The Labute approximate surface area is 213 Å². The summed E-state index contributed by atoms with van der Waals surface area (Å²) >= 11 is 0. The van der Waals surface area contributed by atoms with Crippen LogP contribution in [0.5, 0.6) is 0 Å². The number of benzene rings is 1. The Morgan fingerprint density at radius 1 is 1.14 bits per heavy atom. The van der Waals surface area contributed by atoms with Gasteiger partial charge in [-0.05, 0) is 43.9 Å². The Morgan fingerprint density at radius 3 is 2.62 bits per heavy atom. The number of H-pyrrole nitrogens is 1. The average Bonchev–Trinajstić information content (AvgIpc) is 3.54. The van der Waals surface area contributed by atoms with Gasteiger partial charge >= 0.3 is 5.97 Å². The number of nitrogens with two attached hydrogens (primary N) is 2. The van der Waals surface area contributed by atoms with Crippen molar-refractivity contribution < 1.29 is 24.3 Å². The van der Waals surface area contributed by atoms with E-state index in [0.717, 1.165) is 29.4 Å². The summed E-state index contributed by atoms with van der Waals surface area (Å²) in [4.78, 5) is 56.6. The second-order valence-electron chi connectivity index (χ2n) is 8.90. The number of aliphatic imine (C=N–C) groups is 1. The number of carbonyl (C=O) groups is 4. The van der Waals surface area contributed by atoms with Crippen molar-refractivity contribution in [1.82, 2.24) is 26.3 Å². The zero-order valence-electron chi connectivity index (χ0n) is 20.5. The molecule has 2 heterocycles. The van der Waals surface area contributed by atoms with Gasteiger partial charge in [-0.2, -0.15) is 0 Å². The number of fused-ring (bicyclic) bond motifs is 1. The number of carbonyl (C=O) groups excluding carboxylic acids is 3. The van der Waals surface area contributed by atoms with Crippen LogP contribution in [0.4, 0.5) is 0 Å². The molecule has 10 N–H and O–H groups in total. The van der Waals surface area contributed by atoms with Crippen LogP contribution in [-0.4, -0.2) is 77.5 Å². The van der Waals surface area contributed by atoms with Crippen LogP contribution in [-0.2, 0) is 25.6 Å². The highest BCUT2D eigenvalue weighted by atomic mass is 16.4. The number of nitrogens with zero attached hydrogens (tertiary/aromatic N) is 1. The molecule has 0 spiro atoms. The highest BCUT2D eigenvalue weighted by molar-refractivity contribution is 5.93. The van der Waals surface area contributed by atoms with Crippen molar-refractivity contribution in [3.8, 4) is 0 Å². The number of aliphatic carboxylic acids is 1. The topological polar surface area (TPSA) is 217 Å². The van der Waals surface area contributed by atoms with Gasteiger partial charge in [0.15, 0.2) is 5.96 Å².